The number of piperazine rings is 1. The summed E-state index contributed by atoms with van der Waals surface area (Å²) in [6.07, 6.45) is 1.66. The van der Waals surface area contributed by atoms with Gasteiger partial charge in [0, 0.05) is 42.8 Å². The molecule has 0 spiro atoms. The third-order valence-electron chi connectivity index (χ3n) is 7.50. The van der Waals surface area contributed by atoms with Gasteiger partial charge in [0.25, 0.3) is 0 Å². The molecular formula is C25H30F3N3OS. The number of anilines is 1. The van der Waals surface area contributed by atoms with E-state index >= 15 is 0 Å². The maximum Gasteiger partial charge on any atom is 0.416 e. The van der Waals surface area contributed by atoms with Crippen LogP contribution in [-0.4, -0.2) is 49.1 Å². The number of hydrogen-bond donors (Lipinski definition) is 1. The van der Waals surface area contributed by atoms with Gasteiger partial charge in [-0.15, -0.1) is 11.3 Å². The van der Waals surface area contributed by atoms with Crippen LogP contribution in [0.4, 0.5) is 18.9 Å². The molecule has 2 unspecified atom stereocenters. The minimum atomic E-state index is -4.38. The van der Waals surface area contributed by atoms with Gasteiger partial charge >= 0.3 is 6.18 Å². The fraction of sp³-hybridized carbons (Fsp3) is 0.560. The molecule has 1 aliphatic carbocycles. The van der Waals surface area contributed by atoms with Gasteiger partial charge in [-0.05, 0) is 60.9 Å². The number of carbonyl (C=O) groups excluding carboxylic acids is 1. The van der Waals surface area contributed by atoms with Crippen LogP contribution in [0.1, 0.15) is 41.7 Å². The molecule has 1 saturated carbocycles. The van der Waals surface area contributed by atoms with Crippen molar-refractivity contribution in [3.8, 4) is 0 Å². The zero-order valence-electron chi connectivity index (χ0n) is 18.6. The predicted octanol–water partition coefficient (Wildman–Crippen LogP) is 4.73. The number of thiophene rings is 1. The largest absolute Gasteiger partial charge is 0.416 e. The Hall–Kier alpha value is -2.06. The standard InChI is InChI=1S/C25H30F3N3OS/c26-25(27,28)18-7-8-22-17(14-18)15-21(24(32)29-10-9-20-6-3-13-33-20)23-16-30(11-12-31(22)23)19-4-1-2-5-19/h3,6-8,13-14,19,21,23H,1-2,4-5,9-12,15-16H2,(H,29,32). The lowest BCUT2D eigenvalue weighted by atomic mass is 9.82. The fourth-order valence-electron chi connectivity index (χ4n) is 5.82. The van der Waals surface area contributed by atoms with Crippen LogP contribution in [0.5, 0.6) is 0 Å². The molecule has 2 fully saturated rings. The lowest BCUT2D eigenvalue weighted by Gasteiger charge is -2.50. The topological polar surface area (TPSA) is 35.6 Å². The van der Waals surface area contributed by atoms with Crippen LogP contribution in [0.3, 0.4) is 0 Å². The predicted molar refractivity (Wildman–Crippen MR) is 125 cm³/mol. The van der Waals surface area contributed by atoms with Gasteiger partial charge < -0.3 is 10.2 Å². The summed E-state index contributed by atoms with van der Waals surface area (Å²) in [6.45, 7) is 2.99. The Balaban J connectivity index is 1.38. The van der Waals surface area contributed by atoms with E-state index in [0.29, 0.717) is 24.6 Å². The molecule has 4 nitrogen and oxygen atoms in total. The summed E-state index contributed by atoms with van der Waals surface area (Å²) in [7, 11) is 0. The number of carbonyl (C=O) groups is 1. The monoisotopic (exact) mass is 477 g/mol. The van der Waals surface area contributed by atoms with Crippen LogP contribution in [0.25, 0.3) is 0 Å². The highest BCUT2D eigenvalue weighted by Gasteiger charge is 2.43. The second-order valence-corrected chi connectivity index (χ2v) is 10.5. The van der Waals surface area contributed by atoms with Crippen LogP contribution in [-0.2, 0) is 23.8 Å². The van der Waals surface area contributed by atoms with E-state index in [2.05, 4.69) is 21.2 Å². The molecule has 0 bridgehead atoms. The second kappa shape index (κ2) is 9.29. The molecule has 33 heavy (non-hydrogen) atoms. The Morgan fingerprint density at radius 1 is 1.15 bits per heavy atom. The SMILES string of the molecule is O=C(NCCc1cccs1)C1Cc2cc(C(F)(F)F)ccc2N2CCN(C3CCCC3)CC12. The van der Waals surface area contributed by atoms with E-state index in [0.717, 1.165) is 31.7 Å². The molecule has 178 valence electrons. The molecular weight excluding hydrogens is 447 g/mol. The number of alkyl halides is 3. The molecule has 1 saturated heterocycles. The van der Waals surface area contributed by atoms with Crippen LogP contribution in [0.2, 0.25) is 0 Å². The van der Waals surface area contributed by atoms with Crippen molar-refractivity contribution >= 4 is 22.9 Å². The Kier molecular flexibility index (Phi) is 6.40. The Morgan fingerprint density at radius 3 is 2.70 bits per heavy atom. The summed E-state index contributed by atoms with van der Waals surface area (Å²) in [5.41, 5.74) is 0.858. The number of amides is 1. The number of fused-ring (bicyclic) bond motifs is 3. The number of nitrogens with one attached hydrogen (secondary N) is 1. The molecule has 1 aromatic carbocycles. The van der Waals surface area contributed by atoms with Crippen LogP contribution in [0.15, 0.2) is 35.7 Å². The van der Waals surface area contributed by atoms with Gasteiger partial charge in [-0.3, -0.25) is 9.69 Å². The number of hydrogen-bond acceptors (Lipinski definition) is 4. The molecule has 3 heterocycles. The van der Waals surface area contributed by atoms with Gasteiger partial charge in [-0.1, -0.05) is 18.9 Å². The smallest absolute Gasteiger partial charge is 0.365 e. The van der Waals surface area contributed by atoms with Crippen molar-refractivity contribution in [2.24, 2.45) is 5.92 Å². The van der Waals surface area contributed by atoms with Crippen molar-refractivity contribution in [3.05, 3.63) is 51.7 Å². The van der Waals surface area contributed by atoms with Crippen molar-refractivity contribution in [2.75, 3.05) is 31.1 Å². The first-order chi connectivity index (χ1) is 15.9. The van der Waals surface area contributed by atoms with Crippen LogP contribution >= 0.6 is 11.3 Å². The Morgan fingerprint density at radius 2 is 1.97 bits per heavy atom. The van der Waals surface area contributed by atoms with Crippen LogP contribution in [0, 0.1) is 5.92 Å². The van der Waals surface area contributed by atoms with Gasteiger partial charge in [0.2, 0.25) is 5.91 Å². The summed E-state index contributed by atoms with van der Waals surface area (Å²) in [5, 5.41) is 5.10. The molecule has 2 atom stereocenters. The quantitative estimate of drug-likeness (QED) is 0.676. The van der Waals surface area contributed by atoms with Gasteiger partial charge in [0.15, 0.2) is 0 Å². The third kappa shape index (κ3) is 4.78. The zero-order valence-corrected chi connectivity index (χ0v) is 19.4. The highest BCUT2D eigenvalue weighted by Crippen LogP contribution is 2.40. The molecule has 1 aromatic heterocycles. The molecule has 3 aliphatic rings. The van der Waals surface area contributed by atoms with Crippen molar-refractivity contribution in [2.45, 2.75) is 56.8 Å². The van der Waals surface area contributed by atoms with Gasteiger partial charge in [-0.25, -0.2) is 0 Å². The van der Waals surface area contributed by atoms with Gasteiger partial charge in [-0.2, -0.15) is 13.2 Å². The first kappa shape index (κ1) is 22.7. The van der Waals surface area contributed by atoms with Crippen molar-refractivity contribution < 1.29 is 18.0 Å². The lowest BCUT2D eigenvalue weighted by molar-refractivity contribution is -0.137. The maximum atomic E-state index is 13.4. The first-order valence-corrected chi connectivity index (χ1v) is 12.8. The summed E-state index contributed by atoms with van der Waals surface area (Å²) in [5.74, 6) is -0.397. The summed E-state index contributed by atoms with van der Waals surface area (Å²) >= 11 is 1.66. The molecule has 1 amide bonds. The maximum absolute atomic E-state index is 13.4. The molecule has 8 heteroatoms. The van der Waals surface area contributed by atoms with Gasteiger partial charge in [0.05, 0.1) is 17.5 Å². The lowest BCUT2D eigenvalue weighted by Crippen LogP contribution is -2.62. The van der Waals surface area contributed by atoms with E-state index in [4.69, 9.17) is 0 Å². The Bertz CT molecular complexity index is 972. The highest BCUT2D eigenvalue weighted by molar-refractivity contribution is 7.09. The molecule has 1 N–H and O–H groups in total. The third-order valence-corrected chi connectivity index (χ3v) is 8.44. The minimum Gasteiger partial charge on any atom is -0.365 e. The van der Waals surface area contributed by atoms with Crippen LogP contribution < -0.4 is 10.2 Å². The van der Waals surface area contributed by atoms with E-state index in [9.17, 15) is 18.0 Å². The molecule has 5 rings (SSSR count). The summed E-state index contributed by atoms with van der Waals surface area (Å²) in [4.78, 5) is 19.3. The first-order valence-electron chi connectivity index (χ1n) is 11.9. The highest BCUT2D eigenvalue weighted by atomic mass is 32.1. The second-order valence-electron chi connectivity index (χ2n) is 9.47. The normalized spacial score (nSPS) is 23.9. The van der Waals surface area contributed by atoms with E-state index < -0.39 is 11.7 Å². The van der Waals surface area contributed by atoms with Gasteiger partial charge in [0.1, 0.15) is 0 Å². The van der Waals surface area contributed by atoms with E-state index in [1.807, 2.05) is 11.4 Å². The molecule has 2 aromatic rings. The average Bonchev–Trinajstić information content (AvgIpc) is 3.51. The molecule has 2 aliphatic heterocycles. The fourth-order valence-corrected chi connectivity index (χ4v) is 6.53. The molecule has 0 radical (unpaired) electrons. The van der Waals surface area contributed by atoms with Crippen molar-refractivity contribution in [1.29, 1.82) is 0 Å². The van der Waals surface area contributed by atoms with E-state index in [-0.39, 0.29) is 17.9 Å². The number of nitrogens with zero attached hydrogens (tertiary/aromatic N) is 2. The van der Waals surface area contributed by atoms with Crippen molar-refractivity contribution in [3.63, 3.8) is 0 Å². The number of rotatable bonds is 5. The van der Waals surface area contributed by atoms with E-state index in [1.54, 1.807) is 17.4 Å². The summed E-state index contributed by atoms with van der Waals surface area (Å²) in [6, 6.07) is 8.65. The number of benzene rings is 1. The Labute approximate surface area is 196 Å². The number of halogens is 3. The average molecular weight is 478 g/mol. The van der Waals surface area contributed by atoms with E-state index in [1.165, 1.54) is 42.7 Å². The summed E-state index contributed by atoms with van der Waals surface area (Å²) < 4.78 is 40.1. The minimum absolute atomic E-state index is 0.00896. The zero-order chi connectivity index (χ0) is 23.0. The van der Waals surface area contributed by atoms with Crippen molar-refractivity contribution in [1.82, 2.24) is 10.2 Å².